The Labute approximate surface area is 209 Å². The summed E-state index contributed by atoms with van der Waals surface area (Å²) < 4.78 is 8.00. The van der Waals surface area contributed by atoms with Crippen molar-refractivity contribution < 1.29 is 9.53 Å². The van der Waals surface area contributed by atoms with Crippen molar-refractivity contribution in [2.75, 3.05) is 12.4 Å². The number of ether oxygens (including phenoxy) is 1. The smallest absolute Gasteiger partial charge is 0.162 e. The highest BCUT2D eigenvalue weighted by atomic mass is 127. The molecule has 31 heavy (non-hydrogen) atoms. The molecule has 0 unspecified atom stereocenters. The van der Waals surface area contributed by atoms with Gasteiger partial charge in [0.25, 0.3) is 0 Å². The molecule has 1 atom stereocenters. The van der Waals surface area contributed by atoms with E-state index in [4.69, 9.17) is 4.74 Å². The number of rotatable bonds is 2. The average Bonchev–Trinajstić information content (AvgIpc) is 2.71. The van der Waals surface area contributed by atoms with E-state index in [1.54, 1.807) is 7.11 Å². The molecule has 1 aliphatic heterocycles. The molecule has 1 heterocycles. The lowest BCUT2D eigenvalue weighted by molar-refractivity contribution is -0.118. The summed E-state index contributed by atoms with van der Waals surface area (Å²) in [4.78, 5) is 13.6. The van der Waals surface area contributed by atoms with Crippen LogP contribution in [0.15, 0.2) is 54.1 Å². The third kappa shape index (κ3) is 3.57. The molecule has 0 bridgehead atoms. The van der Waals surface area contributed by atoms with Crippen molar-refractivity contribution in [3.8, 4) is 5.75 Å². The van der Waals surface area contributed by atoms with Gasteiger partial charge in [-0.2, -0.15) is 0 Å². The predicted octanol–water partition coefficient (Wildman–Crippen LogP) is 7.37. The Morgan fingerprint density at radius 1 is 1.06 bits per heavy atom. The second-order valence-electron chi connectivity index (χ2n) is 9.13. The van der Waals surface area contributed by atoms with Gasteiger partial charge in [0.15, 0.2) is 5.78 Å². The number of fused-ring (bicyclic) bond motifs is 4. The van der Waals surface area contributed by atoms with Crippen LogP contribution in [0.4, 0.5) is 5.69 Å². The first-order valence-electron chi connectivity index (χ1n) is 10.4. The van der Waals surface area contributed by atoms with E-state index in [9.17, 15) is 4.79 Å². The van der Waals surface area contributed by atoms with Crippen molar-refractivity contribution in [3.63, 3.8) is 0 Å². The van der Waals surface area contributed by atoms with Gasteiger partial charge in [-0.15, -0.1) is 0 Å². The summed E-state index contributed by atoms with van der Waals surface area (Å²) in [7, 11) is 1.71. The topological polar surface area (TPSA) is 38.3 Å². The molecular formula is C26H23I2NO2. The average molecular weight is 635 g/mol. The second kappa shape index (κ2) is 7.76. The molecule has 0 saturated carbocycles. The maximum absolute atomic E-state index is 13.6. The summed E-state index contributed by atoms with van der Waals surface area (Å²) in [6.45, 7) is 4.40. The van der Waals surface area contributed by atoms with Crippen molar-refractivity contribution in [3.05, 3.63) is 72.4 Å². The molecule has 5 heteroatoms. The van der Waals surface area contributed by atoms with E-state index in [0.29, 0.717) is 6.42 Å². The molecule has 0 radical (unpaired) electrons. The first-order chi connectivity index (χ1) is 14.8. The van der Waals surface area contributed by atoms with Crippen LogP contribution in [0.1, 0.15) is 43.9 Å². The zero-order chi connectivity index (χ0) is 21.9. The van der Waals surface area contributed by atoms with Crippen molar-refractivity contribution in [1.29, 1.82) is 0 Å². The van der Waals surface area contributed by atoms with Gasteiger partial charge in [-0.3, -0.25) is 4.79 Å². The summed E-state index contributed by atoms with van der Waals surface area (Å²) in [5.41, 5.74) is 5.33. The normalized spacial score (nSPS) is 19.6. The summed E-state index contributed by atoms with van der Waals surface area (Å²) in [6.07, 6.45) is 1.45. The largest absolute Gasteiger partial charge is 0.495 e. The van der Waals surface area contributed by atoms with E-state index in [1.807, 2.05) is 0 Å². The van der Waals surface area contributed by atoms with Gasteiger partial charge in [0.2, 0.25) is 0 Å². The monoisotopic (exact) mass is 635 g/mol. The molecule has 0 fully saturated rings. The van der Waals surface area contributed by atoms with Gasteiger partial charge >= 0.3 is 0 Å². The fourth-order valence-corrected chi connectivity index (χ4v) is 7.19. The Morgan fingerprint density at radius 3 is 2.61 bits per heavy atom. The Bertz CT molecular complexity index is 1280. The number of allylic oxidation sites excluding steroid dienone is 1. The van der Waals surface area contributed by atoms with E-state index in [0.717, 1.165) is 36.1 Å². The molecule has 3 aromatic rings. The Morgan fingerprint density at radius 2 is 1.84 bits per heavy atom. The van der Waals surface area contributed by atoms with E-state index < -0.39 is 0 Å². The first kappa shape index (κ1) is 21.2. The lowest BCUT2D eigenvalue weighted by Gasteiger charge is -2.40. The molecular weight excluding hydrogens is 612 g/mol. The fourth-order valence-electron chi connectivity index (χ4n) is 5.08. The molecule has 0 aromatic heterocycles. The van der Waals surface area contributed by atoms with Crippen molar-refractivity contribution >= 4 is 73.0 Å². The third-order valence-electron chi connectivity index (χ3n) is 6.29. The number of benzene rings is 3. The van der Waals surface area contributed by atoms with Gasteiger partial charge in [0.1, 0.15) is 5.75 Å². The maximum Gasteiger partial charge on any atom is 0.162 e. The van der Waals surface area contributed by atoms with Crippen LogP contribution in [0.25, 0.3) is 16.3 Å². The number of nitrogens with one attached hydrogen (secondary N) is 1. The molecule has 5 rings (SSSR count). The molecule has 1 N–H and O–H groups in total. The van der Waals surface area contributed by atoms with Gasteiger partial charge in [-0.05, 0) is 91.6 Å². The number of ketones is 1. The minimum atomic E-state index is -0.217. The molecule has 158 valence electrons. The van der Waals surface area contributed by atoms with Crippen LogP contribution in [0.2, 0.25) is 0 Å². The SMILES string of the molecule is COc1c(I)cc(I)cc1[C@@H]1Nc2ccc3ccccc3c2C2=C1C(=O)CC(C)(C)C2. The van der Waals surface area contributed by atoms with E-state index in [1.165, 1.54) is 21.9 Å². The Balaban J connectivity index is 1.83. The highest BCUT2D eigenvalue weighted by Crippen LogP contribution is 2.53. The van der Waals surface area contributed by atoms with Gasteiger partial charge in [0.05, 0.1) is 16.7 Å². The van der Waals surface area contributed by atoms with E-state index in [-0.39, 0.29) is 17.2 Å². The number of Topliss-reactive ketones (excluding diaryl/α,β-unsaturated/α-hetero) is 1. The summed E-state index contributed by atoms with van der Waals surface area (Å²) in [5, 5.41) is 6.13. The fraction of sp³-hybridized carbons (Fsp3) is 0.269. The third-order valence-corrected chi connectivity index (χ3v) is 7.72. The van der Waals surface area contributed by atoms with Crippen molar-refractivity contribution in [1.82, 2.24) is 0 Å². The first-order valence-corrected chi connectivity index (χ1v) is 12.5. The maximum atomic E-state index is 13.6. The minimum Gasteiger partial charge on any atom is -0.495 e. The quantitative estimate of drug-likeness (QED) is 0.299. The van der Waals surface area contributed by atoms with Crippen LogP contribution in [-0.4, -0.2) is 12.9 Å². The molecule has 0 spiro atoms. The van der Waals surface area contributed by atoms with Crippen molar-refractivity contribution in [2.24, 2.45) is 5.41 Å². The number of hydrogen-bond acceptors (Lipinski definition) is 3. The molecule has 0 amide bonds. The number of carbonyl (C=O) groups is 1. The molecule has 3 aromatic carbocycles. The zero-order valence-corrected chi connectivity index (χ0v) is 22.0. The molecule has 2 aliphatic rings. The van der Waals surface area contributed by atoms with Crippen LogP contribution < -0.4 is 10.1 Å². The minimum absolute atomic E-state index is 0.0599. The summed E-state index contributed by atoms with van der Waals surface area (Å²) in [6, 6.07) is 16.8. The lowest BCUT2D eigenvalue weighted by atomic mass is 9.68. The number of halogens is 2. The van der Waals surface area contributed by atoms with E-state index >= 15 is 0 Å². The number of hydrogen-bond donors (Lipinski definition) is 1. The highest BCUT2D eigenvalue weighted by Gasteiger charge is 2.41. The van der Waals surface area contributed by atoms with Gasteiger partial charge in [0, 0.05) is 32.4 Å². The number of methoxy groups -OCH3 is 1. The highest BCUT2D eigenvalue weighted by molar-refractivity contribution is 14.1. The van der Waals surface area contributed by atoms with Crippen LogP contribution in [0, 0.1) is 12.6 Å². The van der Waals surface area contributed by atoms with Crippen LogP contribution in [-0.2, 0) is 4.79 Å². The van der Waals surface area contributed by atoms with Gasteiger partial charge < -0.3 is 10.1 Å². The molecule has 0 saturated heterocycles. The van der Waals surface area contributed by atoms with Crippen LogP contribution >= 0.6 is 45.2 Å². The summed E-state index contributed by atoms with van der Waals surface area (Å²) in [5.74, 6) is 1.07. The number of carbonyl (C=O) groups excluding carboxylic acids is 1. The van der Waals surface area contributed by atoms with Gasteiger partial charge in [-0.1, -0.05) is 44.2 Å². The Hall–Kier alpha value is -1.61. The molecule has 3 nitrogen and oxygen atoms in total. The molecule has 1 aliphatic carbocycles. The van der Waals surface area contributed by atoms with Gasteiger partial charge in [-0.25, -0.2) is 0 Å². The van der Waals surface area contributed by atoms with E-state index in [2.05, 4.69) is 113 Å². The second-order valence-corrected chi connectivity index (χ2v) is 11.5. The lowest BCUT2D eigenvalue weighted by Crippen LogP contribution is -2.33. The number of anilines is 1. The predicted molar refractivity (Wildman–Crippen MR) is 144 cm³/mol. The standard InChI is InChI=1S/C26H23I2NO2/c1-26(2)12-18-22-16-7-5-4-6-14(16)8-9-20(22)29-24(23(18)21(30)13-26)17-10-15(27)11-19(28)25(17)31-3/h4-11,24,29H,12-13H2,1-3H3/t24-/m0/s1. The van der Waals surface area contributed by atoms with Crippen molar-refractivity contribution in [2.45, 2.75) is 32.7 Å². The Kier molecular flexibility index (Phi) is 5.32. The summed E-state index contributed by atoms with van der Waals surface area (Å²) >= 11 is 4.66. The van der Waals surface area contributed by atoms with Crippen LogP contribution in [0.5, 0.6) is 5.75 Å². The zero-order valence-electron chi connectivity index (χ0n) is 17.7. The van der Waals surface area contributed by atoms with Crippen LogP contribution in [0.3, 0.4) is 0 Å².